The van der Waals surface area contributed by atoms with Crippen molar-refractivity contribution in [1.29, 1.82) is 0 Å². The highest BCUT2D eigenvalue weighted by molar-refractivity contribution is 8.00. The number of hydrogen-bond donors (Lipinski definition) is 0. The minimum atomic E-state index is -0.334. The van der Waals surface area contributed by atoms with Gasteiger partial charge in [0.15, 0.2) is 0 Å². The molecule has 108 valence electrons. The minimum absolute atomic E-state index is 0.162. The molecule has 3 rings (SSSR count). The van der Waals surface area contributed by atoms with Gasteiger partial charge in [-0.1, -0.05) is 6.92 Å². The Bertz CT molecular complexity index is 561. The molecule has 1 saturated heterocycles. The summed E-state index contributed by atoms with van der Waals surface area (Å²) in [4.78, 5) is 15.5. The molecular weight excluding hydrogens is 272 g/mol. The Morgan fingerprint density at radius 3 is 2.95 bits per heavy atom. The summed E-state index contributed by atoms with van der Waals surface area (Å²) < 4.78 is 5.39. The first kappa shape index (κ1) is 13.6. The van der Waals surface area contributed by atoms with Crippen LogP contribution in [0.15, 0.2) is 18.2 Å². The molecule has 0 spiro atoms. The Labute approximate surface area is 124 Å². The van der Waals surface area contributed by atoms with Crippen molar-refractivity contribution in [3.05, 3.63) is 23.8 Å². The van der Waals surface area contributed by atoms with Crippen LogP contribution in [0, 0.1) is 0 Å². The van der Waals surface area contributed by atoms with E-state index in [-0.39, 0.29) is 11.5 Å². The molecule has 0 bridgehead atoms. The second-order valence-corrected chi connectivity index (χ2v) is 7.13. The zero-order chi connectivity index (χ0) is 14.5. The average molecular weight is 292 g/mol. The van der Waals surface area contributed by atoms with Crippen LogP contribution in [0.25, 0.3) is 0 Å². The topological polar surface area (TPSA) is 32.8 Å². The molecule has 0 aliphatic carbocycles. The summed E-state index contributed by atoms with van der Waals surface area (Å²) in [5.41, 5.74) is 2.73. The number of fused-ring (bicyclic) bond motifs is 3. The van der Waals surface area contributed by atoms with Crippen molar-refractivity contribution in [3.63, 3.8) is 0 Å². The van der Waals surface area contributed by atoms with Crippen LogP contribution in [0.3, 0.4) is 0 Å². The first-order valence-corrected chi connectivity index (χ1v) is 7.86. The molecule has 4 nitrogen and oxygen atoms in total. The number of carbonyl (C=O) groups excluding carboxylic acids is 1. The second-order valence-electron chi connectivity index (χ2n) is 5.94. The third-order valence-corrected chi connectivity index (χ3v) is 5.92. The Kier molecular flexibility index (Phi) is 3.12. The van der Waals surface area contributed by atoms with E-state index in [1.165, 1.54) is 28.3 Å². The smallest absolute Gasteiger partial charge is 0.410 e. The number of carbonyl (C=O) groups is 1. The van der Waals surface area contributed by atoms with E-state index < -0.39 is 0 Å². The van der Waals surface area contributed by atoms with Gasteiger partial charge in [-0.15, -0.1) is 11.8 Å². The summed E-state index contributed by atoms with van der Waals surface area (Å²) in [6, 6.07) is 5.99. The van der Waals surface area contributed by atoms with Crippen molar-refractivity contribution in [3.8, 4) is 5.75 Å². The monoisotopic (exact) mass is 292 g/mol. The largest absolute Gasteiger partial charge is 0.414 e. The van der Waals surface area contributed by atoms with E-state index in [4.69, 9.17) is 4.74 Å². The van der Waals surface area contributed by atoms with Crippen LogP contribution in [0.2, 0.25) is 0 Å². The fourth-order valence-corrected chi connectivity index (χ4v) is 4.87. The summed E-state index contributed by atoms with van der Waals surface area (Å²) in [7, 11) is 5.53. The molecule has 2 atom stereocenters. The van der Waals surface area contributed by atoms with Gasteiger partial charge in [0.1, 0.15) is 5.75 Å². The molecule has 20 heavy (non-hydrogen) atoms. The number of hydrogen-bond acceptors (Lipinski definition) is 4. The Balaban J connectivity index is 1.96. The number of nitrogens with zero attached hydrogens (tertiary/aromatic N) is 2. The molecule has 2 unspecified atom stereocenters. The normalized spacial score (nSPS) is 27.2. The molecule has 1 fully saturated rings. The van der Waals surface area contributed by atoms with Gasteiger partial charge in [0, 0.05) is 32.2 Å². The first-order valence-electron chi connectivity index (χ1n) is 6.81. The molecule has 2 heterocycles. The fraction of sp³-hybridized carbons (Fsp3) is 0.533. The molecular formula is C15H20N2O2S. The molecule has 0 radical (unpaired) electrons. The molecule has 5 heteroatoms. The summed E-state index contributed by atoms with van der Waals surface area (Å²) in [6.45, 7) is 2.32. The zero-order valence-electron chi connectivity index (χ0n) is 12.3. The van der Waals surface area contributed by atoms with Gasteiger partial charge in [0.05, 0.1) is 5.37 Å². The highest BCUT2D eigenvalue weighted by Gasteiger charge is 2.50. The van der Waals surface area contributed by atoms with Crippen LogP contribution in [0.1, 0.15) is 18.9 Å². The van der Waals surface area contributed by atoms with Gasteiger partial charge < -0.3 is 14.5 Å². The lowest BCUT2D eigenvalue weighted by Gasteiger charge is -2.27. The fourth-order valence-electron chi connectivity index (χ4n) is 3.16. The lowest BCUT2D eigenvalue weighted by atomic mass is 9.82. The third kappa shape index (κ3) is 1.87. The van der Waals surface area contributed by atoms with Gasteiger partial charge in [0.2, 0.25) is 0 Å². The summed E-state index contributed by atoms with van der Waals surface area (Å²) >= 11 is 2.01. The van der Waals surface area contributed by atoms with Crippen LogP contribution in [0.5, 0.6) is 5.75 Å². The third-order valence-electron chi connectivity index (χ3n) is 4.33. The Morgan fingerprint density at radius 2 is 2.25 bits per heavy atom. The molecule has 1 aromatic carbocycles. The molecule has 1 aromatic rings. The van der Waals surface area contributed by atoms with E-state index in [1.54, 1.807) is 14.1 Å². The van der Waals surface area contributed by atoms with Gasteiger partial charge >= 0.3 is 6.09 Å². The van der Waals surface area contributed by atoms with Crippen molar-refractivity contribution >= 4 is 23.5 Å². The predicted molar refractivity (Wildman–Crippen MR) is 82.8 cm³/mol. The number of anilines is 1. The number of ether oxygens (including phenoxy) is 1. The quantitative estimate of drug-likeness (QED) is 0.797. The van der Waals surface area contributed by atoms with E-state index in [0.717, 1.165) is 0 Å². The molecule has 0 saturated carbocycles. The van der Waals surface area contributed by atoms with E-state index in [0.29, 0.717) is 11.1 Å². The number of likely N-dealkylation sites (N-methyl/N-ethyl adjacent to an activating group) is 1. The van der Waals surface area contributed by atoms with Gasteiger partial charge in [-0.3, -0.25) is 0 Å². The number of rotatable bonds is 1. The molecule has 2 aliphatic heterocycles. The van der Waals surface area contributed by atoms with E-state index in [2.05, 4.69) is 24.9 Å². The molecule has 0 N–H and O–H groups in total. The van der Waals surface area contributed by atoms with E-state index in [1.807, 2.05) is 23.9 Å². The Hall–Kier alpha value is -1.36. The van der Waals surface area contributed by atoms with E-state index >= 15 is 0 Å². The van der Waals surface area contributed by atoms with Crippen molar-refractivity contribution in [2.75, 3.05) is 31.8 Å². The maximum atomic E-state index is 11.7. The maximum Gasteiger partial charge on any atom is 0.414 e. The van der Waals surface area contributed by atoms with Crippen molar-refractivity contribution < 1.29 is 9.53 Å². The first-order chi connectivity index (χ1) is 9.43. The minimum Gasteiger partial charge on any atom is -0.410 e. The van der Waals surface area contributed by atoms with Crippen LogP contribution in [-0.4, -0.2) is 43.3 Å². The van der Waals surface area contributed by atoms with Crippen molar-refractivity contribution in [1.82, 2.24) is 4.90 Å². The van der Waals surface area contributed by atoms with Crippen LogP contribution >= 0.6 is 11.8 Å². The Morgan fingerprint density at radius 1 is 1.50 bits per heavy atom. The standard InChI is InChI=1S/C15H20N2O2S/c1-15-7-8-20-13(15)17(4)12-6-5-10(9-11(12)15)19-14(18)16(2)3/h5-6,9,13H,7-8H2,1-4H3. The van der Waals surface area contributed by atoms with Gasteiger partial charge in [-0.2, -0.15) is 0 Å². The molecule has 2 aliphatic rings. The SMILES string of the molecule is CN(C)C(=O)Oc1ccc2c(c1)C1(C)CCSC1N2C. The number of amides is 1. The zero-order valence-corrected chi connectivity index (χ0v) is 13.2. The molecule has 0 aromatic heterocycles. The van der Waals surface area contributed by atoms with Crippen LogP contribution < -0.4 is 9.64 Å². The van der Waals surface area contributed by atoms with Crippen LogP contribution in [0.4, 0.5) is 10.5 Å². The highest BCUT2D eigenvalue weighted by atomic mass is 32.2. The lowest BCUT2D eigenvalue weighted by Crippen LogP contribution is -2.34. The van der Waals surface area contributed by atoms with Gasteiger partial charge in [0.25, 0.3) is 0 Å². The highest BCUT2D eigenvalue weighted by Crippen LogP contribution is 2.55. The van der Waals surface area contributed by atoms with Crippen LogP contribution in [-0.2, 0) is 5.41 Å². The molecule has 1 amide bonds. The average Bonchev–Trinajstić information content (AvgIpc) is 2.88. The van der Waals surface area contributed by atoms with Gasteiger partial charge in [-0.05, 0) is 35.9 Å². The van der Waals surface area contributed by atoms with Crippen molar-refractivity contribution in [2.24, 2.45) is 0 Å². The predicted octanol–water partition coefficient (Wildman–Crippen LogP) is 2.92. The maximum absolute atomic E-state index is 11.7. The van der Waals surface area contributed by atoms with E-state index in [9.17, 15) is 4.79 Å². The number of thioether (sulfide) groups is 1. The number of benzene rings is 1. The van der Waals surface area contributed by atoms with Gasteiger partial charge in [-0.25, -0.2) is 4.79 Å². The van der Waals surface area contributed by atoms with Crippen molar-refractivity contribution in [2.45, 2.75) is 24.1 Å². The summed E-state index contributed by atoms with van der Waals surface area (Å²) in [5, 5.41) is 0.498. The lowest BCUT2D eigenvalue weighted by molar-refractivity contribution is 0.172. The summed E-state index contributed by atoms with van der Waals surface area (Å²) in [6.07, 6.45) is 0.837. The second kappa shape index (κ2) is 4.58. The summed E-state index contributed by atoms with van der Waals surface area (Å²) in [5.74, 6) is 1.82.